The average Bonchev–Trinajstić information content (AvgIpc) is 2.82. The summed E-state index contributed by atoms with van der Waals surface area (Å²) in [4.78, 5) is 31.4. The lowest BCUT2D eigenvalue weighted by Crippen LogP contribution is -2.08. The van der Waals surface area contributed by atoms with Crippen molar-refractivity contribution < 1.29 is 14.3 Å². The Hall–Kier alpha value is -1.79. The van der Waals surface area contributed by atoms with Crippen LogP contribution < -0.4 is 0 Å². The van der Waals surface area contributed by atoms with E-state index in [0.717, 1.165) is 5.03 Å². The first-order valence-electron chi connectivity index (χ1n) is 7.07. The minimum Gasteiger partial charge on any atom is -0.461 e. The van der Waals surface area contributed by atoms with Crippen molar-refractivity contribution in [1.29, 1.82) is 0 Å². The quantitative estimate of drug-likeness (QED) is 0.486. The first-order chi connectivity index (χ1) is 10.9. The number of hydrogen-bond acceptors (Lipinski definition) is 5. The molecule has 2 aromatic heterocycles. The van der Waals surface area contributed by atoms with E-state index in [1.807, 2.05) is 0 Å². The zero-order chi connectivity index (χ0) is 17.0. The van der Waals surface area contributed by atoms with Gasteiger partial charge in [-0.2, -0.15) is 0 Å². The molecule has 0 amide bonds. The van der Waals surface area contributed by atoms with Gasteiger partial charge in [0, 0.05) is 17.5 Å². The highest BCUT2D eigenvalue weighted by Crippen LogP contribution is 2.23. The van der Waals surface area contributed by atoms with Gasteiger partial charge >= 0.3 is 5.97 Å². The lowest BCUT2D eigenvalue weighted by atomic mass is 10.1. The molecule has 0 aliphatic rings. The van der Waals surface area contributed by atoms with Crippen LogP contribution in [0.2, 0.25) is 5.02 Å². The number of aromatic amines is 1. The van der Waals surface area contributed by atoms with E-state index in [9.17, 15) is 9.59 Å². The van der Waals surface area contributed by atoms with Crippen LogP contribution in [-0.4, -0.2) is 34.1 Å². The van der Waals surface area contributed by atoms with Crippen LogP contribution in [0.4, 0.5) is 0 Å². The molecule has 0 atom stereocenters. The van der Waals surface area contributed by atoms with Crippen molar-refractivity contribution in [2.24, 2.45) is 0 Å². The van der Waals surface area contributed by atoms with E-state index in [2.05, 4.69) is 9.97 Å². The number of pyridine rings is 1. The molecule has 2 aromatic rings. The minimum atomic E-state index is -0.445. The summed E-state index contributed by atoms with van der Waals surface area (Å²) in [6.07, 6.45) is 1.54. The maximum atomic E-state index is 12.5. The number of aryl methyl sites for hydroxylation is 1. The summed E-state index contributed by atoms with van der Waals surface area (Å²) >= 11 is 7.11. The maximum Gasteiger partial charge on any atom is 0.355 e. The van der Waals surface area contributed by atoms with Gasteiger partial charge in [-0.25, -0.2) is 9.78 Å². The van der Waals surface area contributed by atoms with Crippen molar-refractivity contribution in [3.8, 4) is 0 Å². The number of nitrogens with one attached hydrogen (secondary N) is 1. The first kappa shape index (κ1) is 17.6. The molecule has 122 valence electrons. The summed E-state index contributed by atoms with van der Waals surface area (Å²) in [5, 5.41) is 1.27. The largest absolute Gasteiger partial charge is 0.461 e. The number of nitrogens with zero attached hydrogens (tertiary/aromatic N) is 1. The molecule has 1 N–H and O–H groups in total. The van der Waals surface area contributed by atoms with Crippen LogP contribution >= 0.6 is 23.4 Å². The summed E-state index contributed by atoms with van der Waals surface area (Å²) in [5.41, 5.74) is 2.16. The van der Waals surface area contributed by atoms with E-state index in [1.54, 1.807) is 39.1 Å². The second-order valence-corrected chi connectivity index (χ2v) is 6.30. The van der Waals surface area contributed by atoms with Gasteiger partial charge in [-0.1, -0.05) is 23.4 Å². The van der Waals surface area contributed by atoms with Crippen LogP contribution in [0.3, 0.4) is 0 Å². The number of ether oxygens (including phenoxy) is 1. The maximum absolute atomic E-state index is 12.5. The van der Waals surface area contributed by atoms with E-state index in [-0.39, 0.29) is 18.1 Å². The number of hydrogen-bond donors (Lipinski definition) is 1. The average molecular weight is 353 g/mol. The molecule has 2 heterocycles. The molecule has 23 heavy (non-hydrogen) atoms. The predicted octanol–water partition coefficient (Wildman–Crippen LogP) is 3.83. The topological polar surface area (TPSA) is 72.1 Å². The third-order valence-corrected chi connectivity index (χ3v) is 4.41. The molecule has 0 saturated heterocycles. The van der Waals surface area contributed by atoms with E-state index < -0.39 is 5.97 Å². The number of esters is 1. The SMILES string of the molecule is CCOC(=O)c1[nH]c(C)c(C(=O)CSc2ccc(Cl)cn2)c1C. The van der Waals surface area contributed by atoms with Crippen LogP contribution in [0.1, 0.15) is 39.0 Å². The Kier molecular flexibility index (Phi) is 5.85. The fourth-order valence-electron chi connectivity index (χ4n) is 2.23. The first-order valence-corrected chi connectivity index (χ1v) is 8.44. The standard InChI is InChI=1S/C16H17ClN2O3S/c1-4-22-16(21)15-9(2)14(10(3)19-15)12(20)8-23-13-6-5-11(17)7-18-13/h5-7,19H,4,8H2,1-3H3. The number of carbonyl (C=O) groups is 2. The fraction of sp³-hybridized carbons (Fsp3) is 0.312. The van der Waals surface area contributed by atoms with E-state index in [1.165, 1.54) is 11.8 Å². The number of ketones is 1. The molecule has 0 fully saturated rings. The number of halogens is 1. The van der Waals surface area contributed by atoms with Gasteiger partial charge in [-0.15, -0.1) is 0 Å². The van der Waals surface area contributed by atoms with Gasteiger partial charge in [0.15, 0.2) is 5.78 Å². The van der Waals surface area contributed by atoms with E-state index in [0.29, 0.717) is 27.5 Å². The minimum absolute atomic E-state index is 0.0615. The van der Waals surface area contributed by atoms with E-state index >= 15 is 0 Å². The lowest BCUT2D eigenvalue weighted by molar-refractivity contribution is 0.0519. The Balaban J connectivity index is 2.13. The monoisotopic (exact) mass is 352 g/mol. The number of rotatable bonds is 6. The molecule has 7 heteroatoms. The van der Waals surface area contributed by atoms with Crippen LogP contribution in [0.5, 0.6) is 0 Å². The van der Waals surface area contributed by atoms with Crippen molar-refractivity contribution >= 4 is 35.1 Å². The molecular weight excluding hydrogens is 336 g/mol. The zero-order valence-electron chi connectivity index (χ0n) is 13.1. The Morgan fingerprint density at radius 3 is 2.70 bits per heavy atom. The third kappa shape index (κ3) is 4.14. The second-order valence-electron chi connectivity index (χ2n) is 4.87. The van der Waals surface area contributed by atoms with Gasteiger partial charge in [-0.3, -0.25) is 4.79 Å². The molecule has 0 radical (unpaired) electrons. The Morgan fingerprint density at radius 2 is 2.09 bits per heavy atom. The van der Waals surface area contributed by atoms with Crippen molar-refractivity contribution in [2.75, 3.05) is 12.4 Å². The molecule has 0 saturated carbocycles. The van der Waals surface area contributed by atoms with Crippen LogP contribution in [0.15, 0.2) is 23.4 Å². The Bertz CT molecular complexity index is 726. The number of Topliss-reactive ketones (excluding diaryl/α,β-unsaturated/α-hetero) is 1. The molecule has 2 rings (SSSR count). The molecule has 5 nitrogen and oxygen atoms in total. The third-order valence-electron chi connectivity index (χ3n) is 3.25. The van der Waals surface area contributed by atoms with Gasteiger partial charge in [0.1, 0.15) is 5.69 Å². The molecular formula is C16H17ClN2O3S. The smallest absolute Gasteiger partial charge is 0.355 e. The Morgan fingerprint density at radius 1 is 1.35 bits per heavy atom. The fourth-order valence-corrected chi connectivity index (χ4v) is 3.06. The highest BCUT2D eigenvalue weighted by Gasteiger charge is 2.22. The summed E-state index contributed by atoms with van der Waals surface area (Å²) < 4.78 is 4.99. The van der Waals surface area contributed by atoms with Gasteiger partial charge in [-0.05, 0) is 38.5 Å². The second kappa shape index (κ2) is 7.66. The highest BCUT2D eigenvalue weighted by atomic mass is 35.5. The Labute approximate surface area is 143 Å². The van der Waals surface area contributed by atoms with Crippen molar-refractivity contribution in [3.63, 3.8) is 0 Å². The molecule has 0 aliphatic carbocycles. The number of H-pyrrole nitrogens is 1. The van der Waals surface area contributed by atoms with Gasteiger partial charge in [0.2, 0.25) is 0 Å². The normalized spacial score (nSPS) is 10.6. The van der Waals surface area contributed by atoms with Gasteiger partial charge in [0.25, 0.3) is 0 Å². The number of aromatic nitrogens is 2. The molecule has 0 spiro atoms. The number of carbonyl (C=O) groups excluding carboxylic acids is 2. The van der Waals surface area contributed by atoms with Gasteiger partial charge < -0.3 is 9.72 Å². The van der Waals surface area contributed by atoms with Crippen molar-refractivity contribution in [3.05, 3.63) is 45.9 Å². The summed E-state index contributed by atoms with van der Waals surface area (Å²) in [6, 6.07) is 3.49. The number of thioether (sulfide) groups is 1. The summed E-state index contributed by atoms with van der Waals surface area (Å²) in [5.74, 6) is -0.274. The summed E-state index contributed by atoms with van der Waals surface area (Å²) in [6.45, 7) is 5.55. The highest BCUT2D eigenvalue weighted by molar-refractivity contribution is 7.99. The van der Waals surface area contributed by atoms with E-state index in [4.69, 9.17) is 16.3 Å². The predicted molar refractivity (Wildman–Crippen MR) is 90.5 cm³/mol. The van der Waals surface area contributed by atoms with Crippen LogP contribution in [0, 0.1) is 13.8 Å². The molecule has 0 bridgehead atoms. The van der Waals surface area contributed by atoms with Crippen LogP contribution in [0.25, 0.3) is 0 Å². The van der Waals surface area contributed by atoms with Crippen molar-refractivity contribution in [1.82, 2.24) is 9.97 Å². The van der Waals surface area contributed by atoms with Crippen LogP contribution in [-0.2, 0) is 4.74 Å². The lowest BCUT2D eigenvalue weighted by Gasteiger charge is -2.03. The molecule has 0 aromatic carbocycles. The molecule has 0 aliphatic heterocycles. The molecule has 0 unspecified atom stereocenters. The summed E-state index contributed by atoms with van der Waals surface area (Å²) in [7, 11) is 0. The van der Waals surface area contributed by atoms with Gasteiger partial charge in [0.05, 0.1) is 22.4 Å². The zero-order valence-corrected chi connectivity index (χ0v) is 14.7. The van der Waals surface area contributed by atoms with Crippen molar-refractivity contribution in [2.45, 2.75) is 25.8 Å².